The Morgan fingerprint density at radius 3 is 2.79 bits per heavy atom. The van der Waals surface area contributed by atoms with E-state index in [1.807, 2.05) is 0 Å². The number of ketones is 1. The van der Waals surface area contributed by atoms with Crippen molar-refractivity contribution in [1.29, 1.82) is 0 Å². The average Bonchev–Trinajstić information content (AvgIpc) is 2.18. The first-order chi connectivity index (χ1) is 6.65. The predicted molar refractivity (Wildman–Crippen MR) is 55.1 cm³/mol. The van der Waals surface area contributed by atoms with Gasteiger partial charge in [0.05, 0.1) is 5.02 Å². The van der Waals surface area contributed by atoms with Crippen LogP contribution in [0.15, 0.2) is 28.5 Å². The predicted octanol–water partition coefficient (Wildman–Crippen LogP) is 3.18. The van der Waals surface area contributed by atoms with Gasteiger partial charge in [0.15, 0.2) is 5.78 Å². The van der Waals surface area contributed by atoms with Gasteiger partial charge in [-0.3, -0.25) is 10.0 Å². The van der Waals surface area contributed by atoms with Crippen molar-refractivity contribution in [3.05, 3.63) is 39.3 Å². The van der Waals surface area contributed by atoms with Gasteiger partial charge in [-0.25, -0.2) is 0 Å². The van der Waals surface area contributed by atoms with E-state index in [1.54, 1.807) is 6.07 Å². The van der Waals surface area contributed by atoms with Crippen LogP contribution in [0, 0.1) is 0 Å². The molecule has 0 atom stereocenters. The van der Waals surface area contributed by atoms with E-state index < -0.39 is 5.78 Å². The number of nitrogens with zero attached hydrogens (tertiary/aromatic N) is 3. The van der Waals surface area contributed by atoms with E-state index >= 15 is 0 Å². The van der Waals surface area contributed by atoms with Crippen LogP contribution in [0.5, 0.6) is 0 Å². The minimum absolute atomic E-state index is 0.214. The van der Waals surface area contributed by atoms with Crippen LogP contribution in [-0.4, -0.2) is 12.0 Å². The summed E-state index contributed by atoms with van der Waals surface area (Å²) in [6.45, 7) is 0. The Labute approximate surface area is 90.0 Å². The minimum Gasteiger partial charge on any atom is -0.362 e. The van der Waals surface area contributed by atoms with E-state index in [0.717, 1.165) is 6.21 Å². The molecule has 0 aliphatic carbocycles. The molecule has 0 bridgehead atoms. The van der Waals surface area contributed by atoms with E-state index in [2.05, 4.69) is 10.3 Å². The molecule has 0 aliphatic rings. The molecule has 0 heterocycles. The minimum atomic E-state index is -0.477. The van der Waals surface area contributed by atoms with Gasteiger partial charge in [0.2, 0.25) is 0 Å². The van der Waals surface area contributed by atoms with Crippen molar-refractivity contribution in [3.8, 4) is 0 Å². The molecule has 4 nitrogen and oxygen atoms in total. The quantitative estimate of drug-likeness (QED) is 0.339. The molecule has 0 fully saturated rings. The Balaban J connectivity index is 3.05. The van der Waals surface area contributed by atoms with Crippen molar-refractivity contribution < 1.29 is 4.79 Å². The third kappa shape index (κ3) is 2.61. The number of carbonyl (C=O) groups excluding carboxylic acids is 1. The molecule has 0 aromatic heterocycles. The van der Waals surface area contributed by atoms with Crippen LogP contribution in [-0.2, 0) is 0 Å². The number of hydrogen-bond donors (Lipinski definition) is 0. The lowest BCUT2D eigenvalue weighted by molar-refractivity contribution is 0.107. The van der Waals surface area contributed by atoms with Gasteiger partial charge in [0, 0.05) is 10.6 Å². The van der Waals surface area contributed by atoms with Crippen LogP contribution in [0.25, 0.3) is 5.53 Å². The first-order valence-electron chi connectivity index (χ1n) is 3.52. The Hall–Kier alpha value is -1.26. The Morgan fingerprint density at radius 2 is 2.14 bits per heavy atom. The van der Waals surface area contributed by atoms with Gasteiger partial charge < -0.3 is 10.6 Å². The Morgan fingerprint density at radius 1 is 1.43 bits per heavy atom. The number of Topliss-reactive ketones (excluding diaryl/α,β-unsaturated/α-hetero) is 1. The Bertz CT molecular complexity index is 404. The Kier molecular flexibility index (Phi) is 3.73. The first kappa shape index (κ1) is 10.8. The van der Waals surface area contributed by atoms with Crippen molar-refractivity contribution in [1.82, 2.24) is 0 Å². The zero-order valence-corrected chi connectivity index (χ0v) is 8.33. The van der Waals surface area contributed by atoms with Gasteiger partial charge >= 0.3 is 0 Å². The second-order valence-electron chi connectivity index (χ2n) is 2.32. The van der Waals surface area contributed by atoms with Gasteiger partial charge in [-0.05, 0) is 24.4 Å². The summed E-state index contributed by atoms with van der Waals surface area (Å²) in [7, 11) is 0. The SMILES string of the molecule is [N-]=NN=CC(=O)c1cc(Cl)ccc1Cl. The van der Waals surface area contributed by atoms with Gasteiger partial charge in [-0.2, -0.15) is 0 Å². The molecule has 6 heteroatoms. The first-order valence-corrected chi connectivity index (χ1v) is 4.27. The van der Waals surface area contributed by atoms with Crippen LogP contribution in [0.2, 0.25) is 10.0 Å². The summed E-state index contributed by atoms with van der Waals surface area (Å²) in [6.07, 6.45) is 0.845. The van der Waals surface area contributed by atoms with Crippen LogP contribution in [0.4, 0.5) is 0 Å². The number of carbonyl (C=O) groups is 1. The summed E-state index contributed by atoms with van der Waals surface area (Å²) in [4.78, 5) is 11.3. The van der Waals surface area contributed by atoms with Crippen molar-refractivity contribution >= 4 is 35.2 Å². The summed E-state index contributed by atoms with van der Waals surface area (Å²) in [5.74, 6) is -0.477. The smallest absolute Gasteiger partial charge is 0.184 e. The lowest BCUT2D eigenvalue weighted by atomic mass is 10.1. The molecule has 0 unspecified atom stereocenters. The lowest BCUT2D eigenvalue weighted by Crippen LogP contribution is -2.00. The van der Waals surface area contributed by atoms with Gasteiger partial charge in [-0.15, -0.1) is 0 Å². The molecule has 1 rings (SSSR count). The number of hydrogen-bond acceptors (Lipinski definition) is 2. The van der Waals surface area contributed by atoms with E-state index in [1.165, 1.54) is 12.1 Å². The lowest BCUT2D eigenvalue weighted by Gasteiger charge is -2.00. The number of halogens is 2. The second kappa shape index (κ2) is 4.83. The summed E-state index contributed by atoms with van der Waals surface area (Å²) in [5.41, 5.74) is 8.22. The summed E-state index contributed by atoms with van der Waals surface area (Å²) >= 11 is 11.4. The van der Waals surface area contributed by atoms with Gasteiger partial charge in [-0.1, -0.05) is 23.2 Å². The maximum absolute atomic E-state index is 11.3. The zero-order valence-electron chi connectivity index (χ0n) is 6.82. The highest BCUT2D eigenvalue weighted by molar-refractivity contribution is 6.43. The molecular weight excluding hydrogens is 225 g/mol. The van der Waals surface area contributed by atoms with Crippen molar-refractivity contribution in [3.63, 3.8) is 0 Å². The van der Waals surface area contributed by atoms with Crippen LogP contribution in [0.1, 0.15) is 10.4 Å². The van der Waals surface area contributed by atoms with E-state index in [4.69, 9.17) is 28.7 Å². The monoisotopic (exact) mass is 228 g/mol. The second-order valence-corrected chi connectivity index (χ2v) is 3.17. The molecule has 0 N–H and O–H groups in total. The van der Waals surface area contributed by atoms with Crippen LogP contribution < -0.4 is 0 Å². The molecule has 0 radical (unpaired) electrons. The highest BCUT2D eigenvalue weighted by atomic mass is 35.5. The number of rotatable bonds is 3. The third-order valence-electron chi connectivity index (χ3n) is 1.42. The van der Waals surface area contributed by atoms with E-state index in [0.29, 0.717) is 5.02 Å². The number of benzene rings is 1. The molecule has 0 amide bonds. The van der Waals surface area contributed by atoms with Gasteiger partial charge in [0.1, 0.15) is 0 Å². The highest BCUT2D eigenvalue weighted by Crippen LogP contribution is 2.20. The molecule has 14 heavy (non-hydrogen) atoms. The van der Waals surface area contributed by atoms with Crippen molar-refractivity contribution in [2.24, 2.45) is 10.3 Å². The normalized spacial score (nSPS) is 10.4. The summed E-state index contributed by atoms with van der Waals surface area (Å²) in [6, 6.07) is 4.48. The molecule has 0 saturated heterocycles. The maximum atomic E-state index is 11.3. The summed E-state index contributed by atoms with van der Waals surface area (Å²) < 4.78 is 0. The molecular formula is C8H4Cl2N3O-. The topological polar surface area (TPSA) is 64.1 Å². The van der Waals surface area contributed by atoms with Crippen molar-refractivity contribution in [2.45, 2.75) is 0 Å². The fraction of sp³-hybridized carbons (Fsp3) is 0. The van der Waals surface area contributed by atoms with Crippen LogP contribution >= 0.6 is 23.2 Å². The molecule has 0 saturated carbocycles. The fourth-order valence-corrected chi connectivity index (χ4v) is 1.22. The fourth-order valence-electron chi connectivity index (χ4n) is 0.834. The van der Waals surface area contributed by atoms with E-state index in [9.17, 15) is 4.79 Å². The van der Waals surface area contributed by atoms with Gasteiger partial charge in [0.25, 0.3) is 0 Å². The molecule has 0 spiro atoms. The average molecular weight is 229 g/mol. The summed E-state index contributed by atoms with van der Waals surface area (Å²) in [5, 5.41) is 6.11. The maximum Gasteiger partial charge on any atom is 0.184 e. The molecule has 1 aromatic rings. The third-order valence-corrected chi connectivity index (χ3v) is 1.99. The van der Waals surface area contributed by atoms with Crippen molar-refractivity contribution in [2.75, 3.05) is 0 Å². The molecule has 0 aliphatic heterocycles. The largest absolute Gasteiger partial charge is 0.362 e. The standard InChI is InChI=1S/C8H4Cl2N3O/c9-5-1-2-7(10)6(3-5)8(14)4-12-13-11/h1-4H/q-1. The zero-order chi connectivity index (χ0) is 10.6. The van der Waals surface area contributed by atoms with E-state index in [-0.39, 0.29) is 10.6 Å². The van der Waals surface area contributed by atoms with Crippen LogP contribution in [0.3, 0.4) is 0 Å². The molecule has 1 aromatic carbocycles. The highest BCUT2D eigenvalue weighted by Gasteiger charge is 2.06. The molecule has 72 valence electrons.